The molecule has 8 heteroatoms. The first-order valence-corrected chi connectivity index (χ1v) is 10.6. The predicted octanol–water partition coefficient (Wildman–Crippen LogP) is 4.68. The molecule has 0 aliphatic rings. The molecule has 0 fully saturated rings. The normalized spacial score (nSPS) is 10.8. The summed E-state index contributed by atoms with van der Waals surface area (Å²) in [6.45, 7) is 4.28. The van der Waals surface area contributed by atoms with Gasteiger partial charge < -0.3 is 15.2 Å². The lowest BCUT2D eigenvalue weighted by Gasteiger charge is -2.16. The SMILES string of the molecule is COc1ccc(C)c(-n2c(N)c(C#N)c3nc(OCc4ccccc4)c(I)nc32)c1C. The molecule has 156 valence electrons. The third-order valence-electron chi connectivity index (χ3n) is 5.11. The van der Waals surface area contributed by atoms with E-state index < -0.39 is 0 Å². The number of halogens is 1. The van der Waals surface area contributed by atoms with E-state index in [1.807, 2.05) is 56.3 Å². The Morgan fingerprint density at radius 2 is 1.87 bits per heavy atom. The average Bonchev–Trinajstić information content (AvgIpc) is 3.03. The molecule has 0 saturated carbocycles. The molecular weight excluding hydrogens is 505 g/mol. The number of fused-ring (bicyclic) bond motifs is 1. The Bertz CT molecular complexity index is 1330. The summed E-state index contributed by atoms with van der Waals surface area (Å²) in [7, 11) is 1.62. The standard InChI is InChI=1S/C23H20IN5O2/c1-13-9-10-17(30-3)14(2)19(13)29-21(26)16(11-25)18-22(29)28-20(24)23(27-18)31-12-15-7-5-4-6-8-15/h4-10H,12,26H2,1-3H3. The summed E-state index contributed by atoms with van der Waals surface area (Å²) in [5.74, 6) is 1.38. The van der Waals surface area contributed by atoms with Gasteiger partial charge in [0.25, 0.3) is 0 Å². The zero-order valence-corrected chi connectivity index (χ0v) is 19.5. The number of nitrogens with two attached hydrogens (primary N) is 1. The minimum atomic E-state index is 0.269. The number of hydrogen-bond acceptors (Lipinski definition) is 6. The van der Waals surface area contributed by atoms with Gasteiger partial charge in [-0.1, -0.05) is 36.4 Å². The van der Waals surface area contributed by atoms with Gasteiger partial charge in [-0.25, -0.2) is 9.97 Å². The lowest BCUT2D eigenvalue weighted by Crippen LogP contribution is -2.07. The molecule has 7 nitrogen and oxygen atoms in total. The van der Waals surface area contributed by atoms with E-state index in [9.17, 15) is 5.26 Å². The lowest BCUT2D eigenvalue weighted by atomic mass is 10.1. The molecule has 2 aromatic heterocycles. The quantitative estimate of drug-likeness (QED) is 0.380. The zero-order valence-electron chi connectivity index (χ0n) is 17.3. The van der Waals surface area contributed by atoms with Crippen LogP contribution in [-0.4, -0.2) is 21.6 Å². The Kier molecular flexibility index (Phi) is 5.69. The highest BCUT2D eigenvalue weighted by atomic mass is 127. The Morgan fingerprint density at radius 1 is 1.13 bits per heavy atom. The van der Waals surface area contributed by atoms with Crippen LogP contribution in [0.2, 0.25) is 0 Å². The number of anilines is 1. The van der Waals surface area contributed by atoms with E-state index in [4.69, 9.17) is 20.2 Å². The van der Waals surface area contributed by atoms with Crippen molar-refractivity contribution in [1.29, 1.82) is 5.26 Å². The molecule has 0 aliphatic heterocycles. The lowest BCUT2D eigenvalue weighted by molar-refractivity contribution is 0.291. The van der Waals surface area contributed by atoms with Crippen LogP contribution in [0.4, 0.5) is 5.82 Å². The molecular formula is C23H20IN5O2. The van der Waals surface area contributed by atoms with E-state index in [1.165, 1.54) is 0 Å². The molecule has 4 aromatic rings. The van der Waals surface area contributed by atoms with Crippen LogP contribution in [0.5, 0.6) is 11.6 Å². The summed E-state index contributed by atoms with van der Waals surface area (Å²) in [6, 6.07) is 15.8. The number of hydrogen-bond donors (Lipinski definition) is 1. The van der Waals surface area contributed by atoms with Gasteiger partial charge in [0.05, 0.1) is 12.8 Å². The highest BCUT2D eigenvalue weighted by Gasteiger charge is 2.24. The van der Waals surface area contributed by atoms with Gasteiger partial charge in [0.2, 0.25) is 5.88 Å². The number of nitrogen functional groups attached to an aromatic ring is 1. The Labute approximate surface area is 193 Å². The third kappa shape index (κ3) is 3.65. The second kappa shape index (κ2) is 8.43. The summed E-state index contributed by atoms with van der Waals surface area (Å²) in [5, 5.41) is 9.81. The highest BCUT2D eigenvalue weighted by Crippen LogP contribution is 2.36. The van der Waals surface area contributed by atoms with Gasteiger partial charge >= 0.3 is 0 Å². The summed E-state index contributed by atoms with van der Waals surface area (Å²) in [4.78, 5) is 9.34. The van der Waals surface area contributed by atoms with Crippen molar-refractivity contribution in [3.05, 3.63) is 68.4 Å². The van der Waals surface area contributed by atoms with Crippen LogP contribution in [0.25, 0.3) is 16.9 Å². The molecule has 0 bridgehead atoms. The van der Waals surface area contributed by atoms with E-state index in [0.717, 1.165) is 28.1 Å². The molecule has 0 saturated heterocycles. The van der Waals surface area contributed by atoms with Crippen molar-refractivity contribution in [3.63, 3.8) is 0 Å². The number of methoxy groups -OCH3 is 1. The van der Waals surface area contributed by atoms with E-state index in [-0.39, 0.29) is 11.4 Å². The van der Waals surface area contributed by atoms with Gasteiger partial charge in [-0.3, -0.25) is 4.57 Å². The van der Waals surface area contributed by atoms with Crippen molar-refractivity contribution in [2.24, 2.45) is 0 Å². The first-order chi connectivity index (χ1) is 15.0. The molecule has 2 aromatic carbocycles. The maximum absolute atomic E-state index is 9.81. The molecule has 4 rings (SSSR count). The van der Waals surface area contributed by atoms with Gasteiger partial charge in [0.15, 0.2) is 9.35 Å². The zero-order chi connectivity index (χ0) is 22.1. The second-order valence-electron chi connectivity index (χ2n) is 7.03. The number of rotatable bonds is 5. The third-order valence-corrected chi connectivity index (χ3v) is 5.81. The highest BCUT2D eigenvalue weighted by molar-refractivity contribution is 14.1. The summed E-state index contributed by atoms with van der Waals surface area (Å²) < 4.78 is 13.8. The first-order valence-electron chi connectivity index (χ1n) is 9.55. The topological polar surface area (TPSA) is 99.0 Å². The molecule has 31 heavy (non-hydrogen) atoms. The second-order valence-corrected chi connectivity index (χ2v) is 8.05. The molecule has 2 heterocycles. The van der Waals surface area contributed by atoms with Gasteiger partial charge in [-0.05, 0) is 53.6 Å². The van der Waals surface area contributed by atoms with E-state index in [2.05, 4.69) is 33.6 Å². The van der Waals surface area contributed by atoms with Crippen LogP contribution in [-0.2, 0) is 6.61 Å². The monoisotopic (exact) mass is 525 g/mol. The first kappa shape index (κ1) is 20.9. The van der Waals surface area contributed by atoms with Crippen LogP contribution in [0.3, 0.4) is 0 Å². The molecule has 0 amide bonds. The fourth-order valence-electron chi connectivity index (χ4n) is 3.60. The fourth-order valence-corrected chi connectivity index (χ4v) is 4.10. The maximum Gasteiger partial charge on any atom is 0.247 e. The fraction of sp³-hybridized carbons (Fsp3) is 0.174. The Balaban J connectivity index is 1.89. The number of benzene rings is 2. The molecule has 0 spiro atoms. The number of aryl methyl sites for hydroxylation is 1. The van der Waals surface area contributed by atoms with Crippen molar-refractivity contribution in [1.82, 2.24) is 14.5 Å². The number of ether oxygens (including phenoxy) is 2. The number of aromatic nitrogens is 3. The summed E-state index contributed by atoms with van der Waals surface area (Å²) in [6.07, 6.45) is 0. The molecule has 0 aliphatic carbocycles. The van der Waals surface area contributed by atoms with Crippen LogP contribution >= 0.6 is 22.6 Å². The smallest absolute Gasteiger partial charge is 0.247 e. The maximum atomic E-state index is 9.81. The summed E-state index contributed by atoms with van der Waals surface area (Å²) in [5.41, 5.74) is 11.3. The van der Waals surface area contributed by atoms with Gasteiger partial charge in [-0.2, -0.15) is 5.26 Å². The van der Waals surface area contributed by atoms with E-state index >= 15 is 0 Å². The molecule has 0 unspecified atom stereocenters. The average molecular weight is 525 g/mol. The van der Waals surface area contributed by atoms with Crippen LogP contribution in [0.15, 0.2) is 42.5 Å². The molecule has 0 atom stereocenters. The minimum Gasteiger partial charge on any atom is -0.496 e. The summed E-state index contributed by atoms with van der Waals surface area (Å²) >= 11 is 2.09. The van der Waals surface area contributed by atoms with Crippen LogP contribution in [0.1, 0.15) is 22.3 Å². The minimum absolute atomic E-state index is 0.269. The largest absolute Gasteiger partial charge is 0.496 e. The van der Waals surface area contributed by atoms with Crippen LogP contribution in [0, 0.1) is 28.9 Å². The van der Waals surface area contributed by atoms with E-state index in [0.29, 0.717) is 27.4 Å². The van der Waals surface area contributed by atoms with Gasteiger partial charge in [-0.15, -0.1) is 0 Å². The van der Waals surface area contributed by atoms with Crippen LogP contribution < -0.4 is 15.2 Å². The molecule has 0 radical (unpaired) electrons. The van der Waals surface area contributed by atoms with Crippen molar-refractivity contribution in [3.8, 4) is 23.4 Å². The van der Waals surface area contributed by atoms with Gasteiger partial charge in [0.1, 0.15) is 35.3 Å². The van der Waals surface area contributed by atoms with Crippen molar-refractivity contribution >= 4 is 39.6 Å². The Morgan fingerprint density at radius 3 is 2.55 bits per heavy atom. The van der Waals surface area contributed by atoms with Gasteiger partial charge in [0, 0.05) is 5.56 Å². The van der Waals surface area contributed by atoms with Crippen molar-refractivity contribution < 1.29 is 9.47 Å². The molecule has 2 N–H and O–H groups in total. The van der Waals surface area contributed by atoms with Crippen molar-refractivity contribution in [2.75, 3.05) is 12.8 Å². The predicted molar refractivity (Wildman–Crippen MR) is 128 cm³/mol. The number of nitriles is 1. The number of nitrogens with zero attached hydrogens (tertiary/aromatic N) is 4. The van der Waals surface area contributed by atoms with Crippen molar-refractivity contribution in [2.45, 2.75) is 20.5 Å². The van der Waals surface area contributed by atoms with E-state index in [1.54, 1.807) is 11.7 Å². The Hall–Kier alpha value is -3.32.